The van der Waals surface area contributed by atoms with Crippen LogP contribution in [0.4, 0.5) is 0 Å². The van der Waals surface area contributed by atoms with E-state index in [4.69, 9.17) is 16.3 Å². The van der Waals surface area contributed by atoms with Crippen molar-refractivity contribution in [3.8, 4) is 16.9 Å². The molecule has 0 radical (unpaired) electrons. The number of ether oxygens (including phenoxy) is 1. The fourth-order valence-electron chi connectivity index (χ4n) is 2.49. The third-order valence-corrected chi connectivity index (χ3v) is 3.95. The summed E-state index contributed by atoms with van der Waals surface area (Å²) in [6, 6.07) is 16.9. The van der Waals surface area contributed by atoms with Gasteiger partial charge in [0, 0.05) is 22.3 Å². The van der Waals surface area contributed by atoms with E-state index in [1.165, 1.54) is 6.92 Å². The first-order valence-electron chi connectivity index (χ1n) is 8.08. The Morgan fingerprint density at radius 3 is 2.42 bits per heavy atom. The monoisotopic (exact) mass is 368 g/mol. The molecule has 1 aromatic heterocycles. The van der Waals surface area contributed by atoms with Gasteiger partial charge < -0.3 is 4.74 Å². The van der Waals surface area contributed by atoms with Crippen molar-refractivity contribution in [2.24, 2.45) is 0 Å². The van der Waals surface area contributed by atoms with Crippen LogP contribution in [-0.4, -0.2) is 28.1 Å². The zero-order valence-corrected chi connectivity index (χ0v) is 14.9. The molecule has 0 unspecified atom stereocenters. The topological polar surface area (TPSA) is 61.2 Å². The smallest absolute Gasteiger partial charge is 0.310 e. The van der Waals surface area contributed by atoms with Gasteiger partial charge in [-0.2, -0.15) is 5.10 Å². The van der Waals surface area contributed by atoms with E-state index in [-0.39, 0.29) is 18.8 Å². The highest BCUT2D eigenvalue weighted by molar-refractivity contribution is 6.30. The Labute approximate surface area is 156 Å². The molecule has 0 bridgehead atoms. The van der Waals surface area contributed by atoms with Gasteiger partial charge in [0.15, 0.2) is 5.78 Å². The third kappa shape index (κ3) is 4.37. The fourth-order valence-corrected chi connectivity index (χ4v) is 2.62. The fraction of sp³-hybridized carbons (Fsp3) is 0.150. The highest BCUT2D eigenvalue weighted by atomic mass is 35.5. The van der Waals surface area contributed by atoms with Crippen molar-refractivity contribution in [3.63, 3.8) is 0 Å². The number of carbonyl (C=O) groups is 2. The molecule has 1 heterocycles. The summed E-state index contributed by atoms with van der Waals surface area (Å²) < 4.78 is 6.71. The van der Waals surface area contributed by atoms with E-state index in [1.807, 2.05) is 42.5 Å². The number of benzene rings is 2. The lowest BCUT2D eigenvalue weighted by atomic mass is 10.1. The van der Waals surface area contributed by atoms with Gasteiger partial charge in [-0.1, -0.05) is 41.9 Å². The number of aromatic nitrogens is 2. The van der Waals surface area contributed by atoms with Crippen LogP contribution in [0.25, 0.3) is 16.9 Å². The molecule has 3 aromatic rings. The first-order valence-corrected chi connectivity index (χ1v) is 8.45. The molecule has 2 aromatic carbocycles. The molecule has 0 saturated heterocycles. The van der Waals surface area contributed by atoms with E-state index in [2.05, 4.69) is 5.10 Å². The van der Waals surface area contributed by atoms with E-state index in [0.717, 1.165) is 11.3 Å². The minimum atomic E-state index is -0.469. The van der Waals surface area contributed by atoms with Gasteiger partial charge in [-0.05, 0) is 31.2 Å². The van der Waals surface area contributed by atoms with Crippen LogP contribution in [0, 0.1) is 0 Å². The van der Waals surface area contributed by atoms with Gasteiger partial charge >= 0.3 is 5.97 Å². The number of carbonyl (C=O) groups excluding carboxylic acids is 2. The molecule has 0 saturated carbocycles. The van der Waals surface area contributed by atoms with Crippen LogP contribution in [0.3, 0.4) is 0 Å². The van der Waals surface area contributed by atoms with Crippen molar-refractivity contribution in [2.45, 2.75) is 13.3 Å². The number of hydrogen-bond acceptors (Lipinski definition) is 4. The van der Waals surface area contributed by atoms with Crippen molar-refractivity contribution >= 4 is 23.4 Å². The second-order valence-electron chi connectivity index (χ2n) is 5.83. The molecule has 0 atom stereocenters. The molecule has 0 amide bonds. The molecule has 0 aliphatic rings. The van der Waals surface area contributed by atoms with Crippen molar-refractivity contribution < 1.29 is 14.3 Å². The average molecular weight is 369 g/mol. The summed E-state index contributed by atoms with van der Waals surface area (Å²) in [6.07, 6.45) is 1.83. The second-order valence-corrected chi connectivity index (χ2v) is 6.27. The lowest BCUT2D eigenvalue weighted by Crippen LogP contribution is -2.13. The lowest BCUT2D eigenvalue weighted by molar-refractivity contribution is -0.146. The number of nitrogens with zero attached hydrogens (tertiary/aromatic N) is 2. The Morgan fingerprint density at radius 2 is 1.77 bits per heavy atom. The second kappa shape index (κ2) is 7.97. The predicted molar refractivity (Wildman–Crippen MR) is 99.4 cm³/mol. The number of hydrogen-bond donors (Lipinski definition) is 0. The van der Waals surface area contributed by atoms with Crippen LogP contribution in [0.2, 0.25) is 5.02 Å². The quantitative estimate of drug-likeness (QED) is 0.620. The van der Waals surface area contributed by atoms with Gasteiger partial charge in [0.05, 0.1) is 17.8 Å². The summed E-state index contributed by atoms with van der Waals surface area (Å²) in [4.78, 5) is 23.1. The van der Waals surface area contributed by atoms with Crippen LogP contribution >= 0.6 is 11.6 Å². The SMILES string of the molecule is CC(=O)COC(=O)Cc1cn(-c2ccccc2)nc1-c1ccc(Cl)cc1. The van der Waals surface area contributed by atoms with E-state index < -0.39 is 5.97 Å². The summed E-state index contributed by atoms with van der Waals surface area (Å²) in [6.45, 7) is 1.15. The zero-order valence-electron chi connectivity index (χ0n) is 14.2. The Balaban J connectivity index is 1.95. The number of para-hydroxylation sites is 1. The Bertz CT molecular complexity index is 918. The van der Waals surface area contributed by atoms with E-state index in [9.17, 15) is 9.59 Å². The molecule has 0 aliphatic carbocycles. The molecular weight excluding hydrogens is 352 g/mol. The number of rotatable bonds is 6. The zero-order chi connectivity index (χ0) is 18.5. The highest BCUT2D eigenvalue weighted by Gasteiger charge is 2.16. The standard InChI is InChI=1S/C20H17ClN2O3/c1-14(24)13-26-19(25)11-16-12-23(18-5-3-2-4-6-18)22-20(16)15-7-9-17(21)10-8-15/h2-10,12H,11,13H2,1H3. The number of ketones is 1. The van der Waals surface area contributed by atoms with Crippen LogP contribution in [0.15, 0.2) is 60.8 Å². The highest BCUT2D eigenvalue weighted by Crippen LogP contribution is 2.25. The largest absolute Gasteiger partial charge is 0.457 e. The lowest BCUT2D eigenvalue weighted by Gasteiger charge is -2.03. The van der Waals surface area contributed by atoms with Crippen LogP contribution in [0.1, 0.15) is 12.5 Å². The summed E-state index contributed by atoms with van der Waals surface area (Å²) in [5.41, 5.74) is 3.11. The van der Waals surface area contributed by atoms with Gasteiger partial charge in [0.2, 0.25) is 0 Å². The van der Waals surface area contributed by atoms with Crippen molar-refractivity contribution in [1.29, 1.82) is 0 Å². The van der Waals surface area contributed by atoms with Crippen molar-refractivity contribution in [2.75, 3.05) is 6.61 Å². The normalized spacial score (nSPS) is 10.5. The molecule has 0 fully saturated rings. The maximum absolute atomic E-state index is 12.1. The van der Waals surface area contributed by atoms with Crippen molar-refractivity contribution in [3.05, 3.63) is 71.4 Å². The third-order valence-electron chi connectivity index (χ3n) is 3.70. The van der Waals surface area contributed by atoms with Crippen LogP contribution < -0.4 is 0 Å². The molecular formula is C20H17ClN2O3. The molecule has 0 N–H and O–H groups in total. The molecule has 0 aliphatic heterocycles. The van der Waals surface area contributed by atoms with Gasteiger partial charge in [0.25, 0.3) is 0 Å². The molecule has 26 heavy (non-hydrogen) atoms. The molecule has 6 heteroatoms. The van der Waals surface area contributed by atoms with E-state index in [0.29, 0.717) is 16.3 Å². The number of esters is 1. The van der Waals surface area contributed by atoms with Gasteiger partial charge in [-0.25, -0.2) is 4.68 Å². The van der Waals surface area contributed by atoms with E-state index in [1.54, 1.807) is 23.0 Å². The van der Waals surface area contributed by atoms with Crippen LogP contribution in [0.5, 0.6) is 0 Å². The Morgan fingerprint density at radius 1 is 1.08 bits per heavy atom. The van der Waals surface area contributed by atoms with Crippen molar-refractivity contribution in [1.82, 2.24) is 9.78 Å². The first-order chi connectivity index (χ1) is 12.5. The van der Waals surface area contributed by atoms with E-state index >= 15 is 0 Å². The summed E-state index contributed by atoms with van der Waals surface area (Å²) in [7, 11) is 0. The minimum absolute atomic E-state index is 0.0259. The van der Waals surface area contributed by atoms with Gasteiger partial charge in [0.1, 0.15) is 6.61 Å². The predicted octanol–water partition coefficient (Wildman–Crippen LogP) is 3.87. The van der Waals surface area contributed by atoms with Gasteiger partial charge in [-0.3, -0.25) is 9.59 Å². The summed E-state index contributed by atoms with van der Waals surface area (Å²) in [5, 5.41) is 5.25. The minimum Gasteiger partial charge on any atom is -0.457 e. The number of Topliss-reactive ketones (excluding diaryl/α,β-unsaturated/α-hetero) is 1. The first kappa shape index (κ1) is 17.9. The summed E-state index contributed by atoms with van der Waals surface area (Å²) in [5.74, 6) is -0.667. The Kier molecular flexibility index (Phi) is 5.49. The Hall–Kier alpha value is -2.92. The molecule has 3 rings (SSSR count). The summed E-state index contributed by atoms with van der Waals surface area (Å²) >= 11 is 5.96. The molecule has 132 valence electrons. The van der Waals surface area contributed by atoms with Gasteiger partial charge in [-0.15, -0.1) is 0 Å². The average Bonchev–Trinajstić information content (AvgIpc) is 3.05. The van der Waals surface area contributed by atoms with Crippen LogP contribution in [-0.2, 0) is 20.7 Å². The molecule has 0 spiro atoms. The molecule has 5 nitrogen and oxygen atoms in total. The number of halogens is 1. The maximum Gasteiger partial charge on any atom is 0.310 e. The maximum atomic E-state index is 12.1.